The van der Waals surface area contributed by atoms with Gasteiger partial charge in [-0.05, 0) is 13.3 Å². The number of hydrogen-bond acceptors (Lipinski definition) is 3. The molecule has 0 spiro atoms. The van der Waals surface area contributed by atoms with Crippen molar-refractivity contribution in [2.75, 3.05) is 6.61 Å². The molecule has 0 aliphatic heterocycles. The van der Waals surface area contributed by atoms with E-state index in [2.05, 4.69) is 13.5 Å². The van der Waals surface area contributed by atoms with Crippen molar-refractivity contribution < 1.29 is 20.1 Å². The van der Waals surface area contributed by atoms with Gasteiger partial charge in [0.2, 0.25) is 0 Å². The molecule has 17 heavy (non-hydrogen) atoms. The number of carboxylic acid groups (broad SMARTS) is 1. The molecule has 0 aliphatic rings. The number of aliphatic carboxylic acids is 1. The van der Waals surface area contributed by atoms with Crippen LogP contribution in [0.25, 0.3) is 0 Å². The fourth-order valence-corrected chi connectivity index (χ4v) is 1.07. The molecule has 0 saturated heterocycles. The van der Waals surface area contributed by atoms with E-state index in [0.29, 0.717) is 0 Å². The number of hydrogen-bond donors (Lipinski definition) is 3. The summed E-state index contributed by atoms with van der Waals surface area (Å²) >= 11 is 0. The zero-order chi connectivity index (χ0) is 13.7. The SMILES string of the molecule is C=C(C)C(=O)O.CCCCCCCC(O)CO. The van der Waals surface area contributed by atoms with Crippen molar-refractivity contribution in [2.45, 2.75) is 58.5 Å². The molecule has 4 nitrogen and oxygen atoms in total. The Balaban J connectivity index is 0. The van der Waals surface area contributed by atoms with Crippen LogP contribution in [-0.4, -0.2) is 34.0 Å². The van der Waals surface area contributed by atoms with E-state index in [0.717, 1.165) is 12.8 Å². The molecule has 102 valence electrons. The number of carbonyl (C=O) groups is 1. The highest BCUT2D eigenvalue weighted by Crippen LogP contribution is 2.06. The third-order valence-electron chi connectivity index (χ3n) is 2.22. The molecule has 3 N–H and O–H groups in total. The molecule has 0 amide bonds. The lowest BCUT2D eigenvalue weighted by atomic mass is 10.1. The maximum Gasteiger partial charge on any atom is 0.330 e. The Morgan fingerprint density at radius 1 is 1.24 bits per heavy atom. The summed E-state index contributed by atoms with van der Waals surface area (Å²) in [4.78, 5) is 9.60. The summed E-state index contributed by atoms with van der Waals surface area (Å²) in [6.45, 7) is 6.70. The molecule has 0 rings (SSSR count). The second-order valence-electron chi connectivity index (χ2n) is 4.12. The zero-order valence-corrected chi connectivity index (χ0v) is 11.0. The molecular weight excluding hydrogens is 220 g/mol. The van der Waals surface area contributed by atoms with Gasteiger partial charge < -0.3 is 15.3 Å². The van der Waals surface area contributed by atoms with Gasteiger partial charge in [-0.3, -0.25) is 0 Å². The van der Waals surface area contributed by atoms with E-state index in [1.165, 1.54) is 32.6 Å². The maximum atomic E-state index is 9.60. The van der Waals surface area contributed by atoms with Gasteiger partial charge in [0.25, 0.3) is 0 Å². The highest BCUT2D eigenvalue weighted by molar-refractivity contribution is 5.84. The van der Waals surface area contributed by atoms with E-state index in [-0.39, 0.29) is 12.2 Å². The van der Waals surface area contributed by atoms with Crippen LogP contribution in [0, 0.1) is 0 Å². The Morgan fingerprint density at radius 3 is 2.06 bits per heavy atom. The summed E-state index contributed by atoms with van der Waals surface area (Å²) in [5.74, 6) is -0.935. The Bertz CT molecular complexity index is 190. The largest absolute Gasteiger partial charge is 0.478 e. The van der Waals surface area contributed by atoms with Crippen LogP contribution in [0.3, 0.4) is 0 Å². The van der Waals surface area contributed by atoms with Crippen molar-refractivity contribution in [3.05, 3.63) is 12.2 Å². The van der Waals surface area contributed by atoms with Crippen molar-refractivity contribution in [3.8, 4) is 0 Å². The number of unbranched alkanes of at least 4 members (excludes halogenated alkanes) is 4. The van der Waals surface area contributed by atoms with Gasteiger partial charge >= 0.3 is 5.97 Å². The summed E-state index contributed by atoms with van der Waals surface area (Å²) in [6, 6.07) is 0. The molecule has 0 aromatic carbocycles. The first-order valence-electron chi connectivity index (χ1n) is 6.13. The third-order valence-corrected chi connectivity index (χ3v) is 2.22. The number of rotatable bonds is 8. The van der Waals surface area contributed by atoms with Crippen LogP contribution in [-0.2, 0) is 4.79 Å². The van der Waals surface area contributed by atoms with E-state index in [4.69, 9.17) is 15.3 Å². The van der Waals surface area contributed by atoms with E-state index >= 15 is 0 Å². The van der Waals surface area contributed by atoms with Crippen LogP contribution >= 0.6 is 0 Å². The van der Waals surface area contributed by atoms with Gasteiger partial charge in [-0.15, -0.1) is 0 Å². The summed E-state index contributed by atoms with van der Waals surface area (Å²) in [6.07, 6.45) is 6.29. The van der Waals surface area contributed by atoms with E-state index in [9.17, 15) is 4.79 Å². The molecule has 0 radical (unpaired) electrons. The lowest BCUT2D eigenvalue weighted by Gasteiger charge is -2.05. The van der Waals surface area contributed by atoms with Crippen LogP contribution in [0.2, 0.25) is 0 Å². The van der Waals surface area contributed by atoms with Crippen molar-refractivity contribution in [3.63, 3.8) is 0 Å². The fraction of sp³-hybridized carbons (Fsp3) is 0.769. The smallest absolute Gasteiger partial charge is 0.330 e. The van der Waals surface area contributed by atoms with Gasteiger partial charge in [0.05, 0.1) is 12.7 Å². The first-order valence-corrected chi connectivity index (χ1v) is 6.13. The van der Waals surface area contributed by atoms with Crippen LogP contribution in [0.4, 0.5) is 0 Å². The maximum absolute atomic E-state index is 9.60. The van der Waals surface area contributed by atoms with Gasteiger partial charge in [0.15, 0.2) is 0 Å². The Hall–Kier alpha value is -0.870. The standard InChI is InChI=1S/C9H20O2.C4H6O2/c1-2-3-4-5-6-7-9(11)8-10;1-3(2)4(5)6/h9-11H,2-8H2,1H3;1H2,2H3,(H,5,6). The number of carboxylic acids is 1. The molecule has 0 saturated carbocycles. The van der Waals surface area contributed by atoms with Crippen LogP contribution in [0.5, 0.6) is 0 Å². The average Bonchev–Trinajstić information content (AvgIpc) is 2.29. The predicted octanol–water partition coefficient (Wildman–Crippen LogP) is 2.35. The van der Waals surface area contributed by atoms with E-state index in [1.807, 2.05) is 0 Å². The molecule has 4 heteroatoms. The van der Waals surface area contributed by atoms with Crippen LogP contribution in [0.1, 0.15) is 52.4 Å². The van der Waals surface area contributed by atoms with Crippen molar-refractivity contribution in [2.24, 2.45) is 0 Å². The third kappa shape index (κ3) is 17.7. The normalized spacial score (nSPS) is 11.3. The highest BCUT2D eigenvalue weighted by Gasteiger charge is 1.99. The van der Waals surface area contributed by atoms with Gasteiger partial charge in [-0.25, -0.2) is 4.79 Å². The predicted molar refractivity (Wildman–Crippen MR) is 68.9 cm³/mol. The summed E-state index contributed by atoms with van der Waals surface area (Å²) < 4.78 is 0. The highest BCUT2D eigenvalue weighted by atomic mass is 16.4. The van der Waals surface area contributed by atoms with Crippen molar-refractivity contribution in [1.82, 2.24) is 0 Å². The van der Waals surface area contributed by atoms with Crippen molar-refractivity contribution >= 4 is 5.97 Å². The van der Waals surface area contributed by atoms with E-state index in [1.54, 1.807) is 0 Å². The first-order chi connectivity index (χ1) is 7.95. The van der Waals surface area contributed by atoms with Crippen molar-refractivity contribution in [1.29, 1.82) is 0 Å². The minimum Gasteiger partial charge on any atom is -0.478 e. The minimum atomic E-state index is -0.935. The molecule has 0 aromatic rings. The zero-order valence-electron chi connectivity index (χ0n) is 11.0. The first kappa shape index (κ1) is 18.5. The molecule has 0 aromatic heterocycles. The molecule has 1 unspecified atom stereocenters. The van der Waals surface area contributed by atoms with Gasteiger partial charge in [0, 0.05) is 5.57 Å². The summed E-state index contributed by atoms with van der Waals surface area (Å²) in [7, 11) is 0. The molecule has 1 atom stereocenters. The molecule has 0 bridgehead atoms. The fourth-order valence-electron chi connectivity index (χ4n) is 1.07. The van der Waals surface area contributed by atoms with Gasteiger partial charge in [-0.1, -0.05) is 45.6 Å². The Morgan fingerprint density at radius 2 is 1.71 bits per heavy atom. The number of aliphatic hydroxyl groups excluding tert-OH is 2. The topological polar surface area (TPSA) is 77.8 Å². The van der Waals surface area contributed by atoms with E-state index < -0.39 is 12.1 Å². The van der Waals surface area contributed by atoms with Gasteiger partial charge in [-0.2, -0.15) is 0 Å². The summed E-state index contributed by atoms with van der Waals surface area (Å²) in [5.41, 5.74) is 0.176. The summed E-state index contributed by atoms with van der Waals surface area (Å²) in [5, 5.41) is 25.3. The lowest BCUT2D eigenvalue weighted by Crippen LogP contribution is -2.10. The molecule has 0 fully saturated rings. The second-order valence-corrected chi connectivity index (χ2v) is 4.12. The monoisotopic (exact) mass is 246 g/mol. The minimum absolute atomic E-state index is 0.0895. The molecular formula is C13H26O4. The van der Waals surface area contributed by atoms with Gasteiger partial charge in [0.1, 0.15) is 0 Å². The van der Waals surface area contributed by atoms with Crippen LogP contribution < -0.4 is 0 Å². The lowest BCUT2D eigenvalue weighted by molar-refractivity contribution is -0.132. The second kappa shape index (κ2) is 13.2. The quantitative estimate of drug-likeness (QED) is 0.454. The average molecular weight is 246 g/mol. The Kier molecular flexibility index (Phi) is 14.4. The number of aliphatic hydroxyl groups is 2. The van der Waals surface area contributed by atoms with Crippen LogP contribution in [0.15, 0.2) is 12.2 Å². The molecule has 0 heterocycles. The Labute approximate surface area is 104 Å². The molecule has 0 aliphatic carbocycles.